The molecule has 2 aromatic carbocycles. The van der Waals surface area contributed by atoms with Crippen LogP contribution < -0.4 is 20.1 Å². The summed E-state index contributed by atoms with van der Waals surface area (Å²) in [5.41, 5.74) is 1.62. The fraction of sp³-hybridized carbons (Fsp3) is 0.364. The number of carbonyl (C=O) groups is 2. The summed E-state index contributed by atoms with van der Waals surface area (Å²) in [5, 5.41) is 5.75. The van der Waals surface area contributed by atoms with Crippen LogP contribution in [0.5, 0.6) is 11.5 Å². The second-order valence-electron chi connectivity index (χ2n) is 6.86. The second kappa shape index (κ2) is 9.26. The highest BCUT2D eigenvalue weighted by molar-refractivity contribution is 6.06. The number of benzene rings is 2. The fourth-order valence-corrected chi connectivity index (χ4v) is 2.71. The minimum absolute atomic E-state index is 0.0111. The van der Waals surface area contributed by atoms with Crippen molar-refractivity contribution in [3.8, 4) is 11.5 Å². The van der Waals surface area contributed by atoms with Crippen molar-refractivity contribution in [2.24, 2.45) is 5.92 Å². The Morgan fingerprint density at radius 3 is 2.64 bits per heavy atom. The molecule has 2 amide bonds. The van der Waals surface area contributed by atoms with Gasteiger partial charge in [0.2, 0.25) is 5.91 Å². The Kier molecular flexibility index (Phi) is 6.53. The minimum Gasteiger partial charge on any atom is -0.497 e. The molecule has 1 aliphatic carbocycles. The van der Waals surface area contributed by atoms with Crippen LogP contribution in [0.1, 0.15) is 43.0 Å². The van der Waals surface area contributed by atoms with Crippen LogP contribution in [0.2, 0.25) is 0 Å². The standard InChI is InChI=1S/C22H26N2O4/c1-3-4-12-28-20-11-10-18(27-2)14-19(20)24-22(26)16-6-5-7-17(13-16)23-21(25)15-8-9-15/h5-7,10-11,13-15H,3-4,8-9,12H2,1-2H3,(H,23,25)(H,24,26). The first-order chi connectivity index (χ1) is 13.6. The maximum atomic E-state index is 12.8. The molecule has 0 heterocycles. The Balaban J connectivity index is 1.73. The molecule has 0 bridgehead atoms. The topological polar surface area (TPSA) is 76.7 Å². The average Bonchev–Trinajstić information content (AvgIpc) is 3.55. The molecule has 2 aromatic rings. The van der Waals surface area contributed by atoms with Crippen LogP contribution in [0.15, 0.2) is 42.5 Å². The summed E-state index contributed by atoms with van der Waals surface area (Å²) in [4.78, 5) is 24.7. The molecule has 1 saturated carbocycles. The van der Waals surface area contributed by atoms with Gasteiger partial charge >= 0.3 is 0 Å². The van der Waals surface area contributed by atoms with Crippen LogP contribution in [0.4, 0.5) is 11.4 Å². The van der Waals surface area contributed by atoms with E-state index in [0.29, 0.717) is 35.0 Å². The molecular formula is C22H26N2O4. The van der Waals surface area contributed by atoms with Gasteiger partial charge in [0, 0.05) is 23.2 Å². The van der Waals surface area contributed by atoms with Gasteiger partial charge in [-0.2, -0.15) is 0 Å². The number of anilines is 2. The van der Waals surface area contributed by atoms with Crippen LogP contribution in [0.25, 0.3) is 0 Å². The van der Waals surface area contributed by atoms with Gasteiger partial charge in [0.1, 0.15) is 11.5 Å². The van der Waals surface area contributed by atoms with Crippen LogP contribution in [0, 0.1) is 5.92 Å². The summed E-state index contributed by atoms with van der Waals surface area (Å²) in [7, 11) is 1.57. The lowest BCUT2D eigenvalue weighted by molar-refractivity contribution is -0.117. The Morgan fingerprint density at radius 2 is 1.93 bits per heavy atom. The van der Waals surface area contributed by atoms with Gasteiger partial charge in [-0.05, 0) is 49.6 Å². The van der Waals surface area contributed by atoms with Crippen molar-refractivity contribution >= 4 is 23.2 Å². The third kappa shape index (κ3) is 5.25. The van der Waals surface area contributed by atoms with Crippen molar-refractivity contribution in [3.05, 3.63) is 48.0 Å². The van der Waals surface area contributed by atoms with Crippen molar-refractivity contribution in [2.45, 2.75) is 32.6 Å². The molecule has 3 rings (SSSR count). The van der Waals surface area contributed by atoms with E-state index in [-0.39, 0.29) is 17.7 Å². The first-order valence-corrected chi connectivity index (χ1v) is 9.64. The van der Waals surface area contributed by atoms with E-state index in [2.05, 4.69) is 17.6 Å². The molecule has 0 aliphatic heterocycles. The Hall–Kier alpha value is -3.02. The summed E-state index contributed by atoms with van der Waals surface area (Å²) in [6.45, 7) is 2.67. The van der Waals surface area contributed by atoms with Gasteiger partial charge in [-0.15, -0.1) is 0 Å². The quantitative estimate of drug-likeness (QED) is 0.627. The molecule has 6 heteroatoms. The van der Waals surface area contributed by atoms with E-state index >= 15 is 0 Å². The zero-order chi connectivity index (χ0) is 19.9. The van der Waals surface area contributed by atoms with E-state index in [9.17, 15) is 9.59 Å². The van der Waals surface area contributed by atoms with Crippen molar-refractivity contribution < 1.29 is 19.1 Å². The van der Waals surface area contributed by atoms with E-state index in [1.54, 1.807) is 49.6 Å². The summed E-state index contributed by atoms with van der Waals surface area (Å²) in [6.07, 6.45) is 3.82. The average molecular weight is 382 g/mol. The number of unbranched alkanes of at least 4 members (excludes halogenated alkanes) is 1. The third-order valence-electron chi connectivity index (χ3n) is 4.53. The molecule has 0 unspecified atom stereocenters. The van der Waals surface area contributed by atoms with Gasteiger partial charge in [-0.1, -0.05) is 19.4 Å². The minimum atomic E-state index is -0.281. The van der Waals surface area contributed by atoms with E-state index in [1.807, 2.05) is 0 Å². The maximum absolute atomic E-state index is 12.8. The number of rotatable bonds is 9. The van der Waals surface area contributed by atoms with Crippen molar-refractivity contribution in [1.29, 1.82) is 0 Å². The molecule has 0 aromatic heterocycles. The smallest absolute Gasteiger partial charge is 0.255 e. The van der Waals surface area contributed by atoms with E-state index in [1.165, 1.54) is 0 Å². The SMILES string of the molecule is CCCCOc1ccc(OC)cc1NC(=O)c1cccc(NC(=O)C2CC2)c1. The lowest BCUT2D eigenvalue weighted by Gasteiger charge is -2.14. The monoisotopic (exact) mass is 382 g/mol. The largest absolute Gasteiger partial charge is 0.497 e. The molecule has 0 atom stereocenters. The van der Waals surface area contributed by atoms with Gasteiger partial charge in [0.05, 0.1) is 19.4 Å². The highest BCUT2D eigenvalue weighted by atomic mass is 16.5. The number of ether oxygens (including phenoxy) is 2. The number of nitrogens with one attached hydrogen (secondary N) is 2. The normalized spacial score (nSPS) is 12.9. The molecule has 148 valence electrons. The van der Waals surface area contributed by atoms with E-state index in [4.69, 9.17) is 9.47 Å². The van der Waals surface area contributed by atoms with Crippen molar-refractivity contribution in [3.63, 3.8) is 0 Å². The van der Waals surface area contributed by atoms with Crippen LogP contribution in [-0.2, 0) is 4.79 Å². The lowest BCUT2D eigenvalue weighted by atomic mass is 10.1. The Labute approximate surface area is 165 Å². The molecule has 28 heavy (non-hydrogen) atoms. The summed E-state index contributed by atoms with van der Waals surface area (Å²) in [5.74, 6) is 1.06. The van der Waals surface area contributed by atoms with Crippen LogP contribution in [-0.4, -0.2) is 25.5 Å². The molecule has 0 spiro atoms. The second-order valence-corrected chi connectivity index (χ2v) is 6.86. The predicted molar refractivity (Wildman–Crippen MR) is 109 cm³/mol. The zero-order valence-corrected chi connectivity index (χ0v) is 16.3. The summed E-state index contributed by atoms with van der Waals surface area (Å²) < 4.78 is 11.1. The van der Waals surface area contributed by atoms with Gasteiger partial charge in [-0.25, -0.2) is 0 Å². The highest BCUT2D eigenvalue weighted by Gasteiger charge is 2.29. The number of amides is 2. The first kappa shape index (κ1) is 19.7. The highest BCUT2D eigenvalue weighted by Crippen LogP contribution is 2.31. The van der Waals surface area contributed by atoms with Crippen LogP contribution in [0.3, 0.4) is 0 Å². The molecule has 6 nitrogen and oxygen atoms in total. The van der Waals surface area contributed by atoms with Gasteiger partial charge in [-0.3, -0.25) is 9.59 Å². The Morgan fingerprint density at radius 1 is 1.11 bits per heavy atom. The maximum Gasteiger partial charge on any atom is 0.255 e. The van der Waals surface area contributed by atoms with E-state index < -0.39 is 0 Å². The van der Waals surface area contributed by atoms with Crippen LogP contribution >= 0.6 is 0 Å². The summed E-state index contributed by atoms with van der Waals surface area (Å²) >= 11 is 0. The lowest BCUT2D eigenvalue weighted by Crippen LogP contribution is -2.16. The number of hydrogen-bond acceptors (Lipinski definition) is 4. The van der Waals surface area contributed by atoms with Gasteiger partial charge in [0.15, 0.2) is 0 Å². The molecule has 1 aliphatic rings. The summed E-state index contributed by atoms with van der Waals surface area (Å²) in [6, 6.07) is 12.2. The molecule has 1 fully saturated rings. The number of methoxy groups -OCH3 is 1. The molecule has 0 saturated heterocycles. The number of hydrogen-bond donors (Lipinski definition) is 2. The van der Waals surface area contributed by atoms with Crippen molar-refractivity contribution in [1.82, 2.24) is 0 Å². The van der Waals surface area contributed by atoms with E-state index in [0.717, 1.165) is 25.7 Å². The Bertz CT molecular complexity index is 846. The molecule has 0 radical (unpaired) electrons. The molecule has 2 N–H and O–H groups in total. The first-order valence-electron chi connectivity index (χ1n) is 9.64. The van der Waals surface area contributed by atoms with Gasteiger partial charge < -0.3 is 20.1 Å². The molecular weight excluding hydrogens is 356 g/mol. The predicted octanol–water partition coefficient (Wildman–Crippen LogP) is 4.47. The van der Waals surface area contributed by atoms with Crippen molar-refractivity contribution in [2.75, 3.05) is 24.4 Å². The van der Waals surface area contributed by atoms with Gasteiger partial charge in [0.25, 0.3) is 5.91 Å². The fourth-order valence-electron chi connectivity index (χ4n) is 2.71. The zero-order valence-electron chi connectivity index (χ0n) is 16.3. The number of carbonyl (C=O) groups excluding carboxylic acids is 2. The third-order valence-corrected chi connectivity index (χ3v) is 4.53.